The van der Waals surface area contributed by atoms with Crippen LogP contribution in [0.2, 0.25) is 0 Å². The molecule has 8 nitrogen and oxygen atoms in total. The number of aliphatic carboxylic acids is 1. The van der Waals surface area contributed by atoms with Gasteiger partial charge in [0.05, 0.1) is 11.5 Å². The zero-order valence-electron chi connectivity index (χ0n) is 14.3. The molecule has 1 N–H and O–H groups in total. The molecule has 0 aromatic heterocycles. The van der Waals surface area contributed by atoms with Crippen molar-refractivity contribution in [1.82, 2.24) is 4.31 Å². The summed E-state index contributed by atoms with van der Waals surface area (Å²) in [7, 11) is -3.98. The Kier molecular flexibility index (Phi) is 5.69. The smallest absolute Gasteiger partial charge is 0.347 e. The van der Waals surface area contributed by atoms with Crippen LogP contribution in [-0.4, -0.2) is 55.1 Å². The van der Waals surface area contributed by atoms with Crippen molar-refractivity contribution in [2.24, 2.45) is 0 Å². The predicted octanol–water partition coefficient (Wildman–Crippen LogP) is 1.04. The number of ether oxygens (including phenoxy) is 2. The summed E-state index contributed by atoms with van der Waals surface area (Å²) >= 11 is 0. The van der Waals surface area contributed by atoms with E-state index in [4.69, 9.17) is 14.6 Å². The molecule has 1 aromatic rings. The normalized spacial score (nSPS) is 16.6. The lowest BCUT2D eigenvalue weighted by atomic mass is 10.1. The lowest BCUT2D eigenvalue weighted by molar-refractivity contribution is -0.150. The number of carboxylic acids is 1. The van der Waals surface area contributed by atoms with Crippen molar-refractivity contribution in [2.75, 3.05) is 13.2 Å². The van der Waals surface area contributed by atoms with Gasteiger partial charge in [0.15, 0.2) is 6.10 Å². The minimum atomic E-state index is -3.98. The number of hydrogen-bond donors (Lipinski definition) is 1. The largest absolute Gasteiger partial charge is 0.480 e. The predicted molar refractivity (Wildman–Crippen MR) is 87.9 cm³/mol. The van der Waals surface area contributed by atoms with E-state index in [2.05, 4.69) is 0 Å². The maximum Gasteiger partial charge on any atom is 0.347 e. The van der Waals surface area contributed by atoms with Crippen LogP contribution >= 0.6 is 0 Å². The van der Waals surface area contributed by atoms with Crippen LogP contribution in [-0.2, 0) is 30.8 Å². The first-order valence-corrected chi connectivity index (χ1v) is 9.30. The van der Waals surface area contributed by atoms with Crippen molar-refractivity contribution < 1.29 is 32.6 Å². The van der Waals surface area contributed by atoms with Gasteiger partial charge in [0.25, 0.3) is 0 Å². The van der Waals surface area contributed by atoms with Crippen molar-refractivity contribution in [1.29, 1.82) is 0 Å². The molecule has 0 amide bonds. The summed E-state index contributed by atoms with van der Waals surface area (Å²) in [5, 5.41) is 8.97. The van der Waals surface area contributed by atoms with Gasteiger partial charge in [-0.2, -0.15) is 4.31 Å². The van der Waals surface area contributed by atoms with Crippen molar-refractivity contribution in [3.63, 3.8) is 0 Å². The van der Waals surface area contributed by atoms with E-state index in [0.717, 1.165) is 4.31 Å². The molecule has 1 aliphatic rings. The molecule has 138 valence electrons. The van der Waals surface area contributed by atoms with Crippen LogP contribution in [0, 0.1) is 0 Å². The van der Waals surface area contributed by atoms with Gasteiger partial charge in [-0.1, -0.05) is 0 Å². The fourth-order valence-corrected chi connectivity index (χ4v) is 4.20. The summed E-state index contributed by atoms with van der Waals surface area (Å²) in [4.78, 5) is 22.7. The number of carbonyl (C=O) groups excluding carboxylic acids is 1. The number of hydrogen-bond acceptors (Lipinski definition) is 6. The minimum absolute atomic E-state index is 0.0330. The molecule has 0 bridgehead atoms. The first-order valence-electron chi connectivity index (χ1n) is 7.86. The quantitative estimate of drug-likeness (QED) is 0.713. The second-order valence-corrected chi connectivity index (χ2v) is 7.76. The monoisotopic (exact) mass is 371 g/mol. The van der Waals surface area contributed by atoms with Crippen LogP contribution in [0.25, 0.3) is 0 Å². The molecule has 1 atom stereocenters. The first kappa shape index (κ1) is 19.2. The van der Waals surface area contributed by atoms with Crippen molar-refractivity contribution >= 4 is 22.0 Å². The zero-order valence-corrected chi connectivity index (χ0v) is 15.1. The van der Waals surface area contributed by atoms with Crippen LogP contribution in [0.5, 0.6) is 5.75 Å². The van der Waals surface area contributed by atoms with Gasteiger partial charge in [-0.05, 0) is 44.5 Å². The van der Waals surface area contributed by atoms with Crippen LogP contribution < -0.4 is 4.74 Å². The van der Waals surface area contributed by atoms with Crippen LogP contribution in [0.4, 0.5) is 0 Å². The van der Waals surface area contributed by atoms with Crippen molar-refractivity contribution in [3.05, 3.63) is 23.8 Å². The van der Waals surface area contributed by atoms with E-state index in [1.165, 1.54) is 18.2 Å². The van der Waals surface area contributed by atoms with Gasteiger partial charge >= 0.3 is 11.9 Å². The molecular formula is C16H21NO7S. The summed E-state index contributed by atoms with van der Waals surface area (Å²) in [6, 6.07) is 3.72. The van der Waals surface area contributed by atoms with Gasteiger partial charge in [-0.25, -0.2) is 13.2 Å². The van der Waals surface area contributed by atoms with Gasteiger partial charge < -0.3 is 14.6 Å². The number of rotatable bonds is 7. The first-order chi connectivity index (χ1) is 11.7. The number of esters is 1. The van der Waals surface area contributed by atoms with Crippen molar-refractivity contribution in [3.8, 4) is 5.75 Å². The Morgan fingerprint density at radius 1 is 1.40 bits per heavy atom. The average molecular weight is 371 g/mol. The summed E-state index contributed by atoms with van der Waals surface area (Å²) < 4.78 is 36.8. The SMILES string of the molecule is CCOC(=O)C1Cc2cc(S(=O)(=O)N(CC(=O)O)C(C)C)ccc2O1. The Bertz CT molecular complexity index is 773. The van der Waals surface area contributed by atoms with E-state index in [-0.39, 0.29) is 17.9 Å². The maximum atomic E-state index is 12.8. The highest BCUT2D eigenvalue weighted by Crippen LogP contribution is 2.32. The fourth-order valence-electron chi connectivity index (χ4n) is 2.57. The lowest BCUT2D eigenvalue weighted by Crippen LogP contribution is -2.40. The Labute approximate surface area is 146 Å². The molecule has 0 radical (unpaired) electrons. The van der Waals surface area contributed by atoms with Gasteiger partial charge in [-0.3, -0.25) is 4.79 Å². The maximum absolute atomic E-state index is 12.8. The highest BCUT2D eigenvalue weighted by atomic mass is 32.2. The van der Waals surface area contributed by atoms with E-state index < -0.39 is 40.7 Å². The van der Waals surface area contributed by atoms with Crippen LogP contribution in [0.1, 0.15) is 26.3 Å². The summed E-state index contributed by atoms with van der Waals surface area (Å²) in [6.45, 7) is 4.50. The molecule has 25 heavy (non-hydrogen) atoms. The third kappa shape index (κ3) is 4.10. The van der Waals surface area contributed by atoms with Crippen LogP contribution in [0.15, 0.2) is 23.1 Å². The number of carboxylic acid groups (broad SMARTS) is 1. The van der Waals surface area contributed by atoms with E-state index in [9.17, 15) is 18.0 Å². The molecule has 0 fully saturated rings. The van der Waals surface area contributed by atoms with E-state index in [0.29, 0.717) is 11.3 Å². The number of benzene rings is 1. The number of nitrogens with zero attached hydrogens (tertiary/aromatic N) is 1. The molecule has 1 heterocycles. The number of carbonyl (C=O) groups is 2. The summed E-state index contributed by atoms with van der Waals surface area (Å²) in [6.07, 6.45) is -0.592. The molecule has 1 aliphatic heterocycles. The standard InChI is InChI=1S/C16H21NO7S/c1-4-23-16(20)14-8-11-7-12(5-6-13(11)24-14)25(21,22)17(10(2)3)9-15(18)19/h5-7,10,14H,4,8-9H2,1-3H3,(H,18,19). The molecule has 0 spiro atoms. The molecule has 0 aliphatic carbocycles. The van der Waals surface area contributed by atoms with Gasteiger partial charge in [0, 0.05) is 12.5 Å². The van der Waals surface area contributed by atoms with Gasteiger partial charge in [0.2, 0.25) is 10.0 Å². The molecule has 2 rings (SSSR count). The molecular weight excluding hydrogens is 350 g/mol. The minimum Gasteiger partial charge on any atom is -0.480 e. The fraction of sp³-hybridized carbons (Fsp3) is 0.500. The highest BCUT2D eigenvalue weighted by Gasteiger charge is 2.34. The highest BCUT2D eigenvalue weighted by molar-refractivity contribution is 7.89. The molecule has 1 aromatic carbocycles. The molecule has 0 saturated carbocycles. The van der Waals surface area contributed by atoms with E-state index in [1.54, 1.807) is 20.8 Å². The third-order valence-electron chi connectivity index (χ3n) is 3.73. The Morgan fingerprint density at radius 2 is 2.08 bits per heavy atom. The topological polar surface area (TPSA) is 110 Å². The molecule has 0 saturated heterocycles. The van der Waals surface area contributed by atoms with Gasteiger partial charge in [0.1, 0.15) is 12.3 Å². The van der Waals surface area contributed by atoms with Crippen LogP contribution in [0.3, 0.4) is 0 Å². The lowest BCUT2D eigenvalue weighted by Gasteiger charge is -2.24. The van der Waals surface area contributed by atoms with Crippen molar-refractivity contribution in [2.45, 2.75) is 44.2 Å². The molecule has 1 unspecified atom stereocenters. The number of fused-ring (bicyclic) bond motifs is 1. The zero-order chi connectivity index (χ0) is 18.8. The summed E-state index contributed by atoms with van der Waals surface area (Å²) in [5.74, 6) is -1.31. The average Bonchev–Trinajstić information content (AvgIpc) is 2.95. The number of sulfonamides is 1. The Balaban J connectivity index is 2.30. The third-order valence-corrected chi connectivity index (χ3v) is 5.75. The Hall–Kier alpha value is -2.13. The molecule has 9 heteroatoms. The second-order valence-electron chi connectivity index (χ2n) is 5.87. The van der Waals surface area contributed by atoms with Gasteiger partial charge in [-0.15, -0.1) is 0 Å². The van der Waals surface area contributed by atoms with E-state index in [1.807, 2.05) is 0 Å². The summed E-state index contributed by atoms with van der Waals surface area (Å²) in [5.41, 5.74) is 0.568. The second kappa shape index (κ2) is 7.40. The van der Waals surface area contributed by atoms with E-state index >= 15 is 0 Å². The Morgan fingerprint density at radius 3 is 2.64 bits per heavy atom.